The van der Waals surface area contributed by atoms with E-state index in [0.717, 1.165) is 36.1 Å². The smallest absolute Gasteiger partial charge is 0.343 e. The van der Waals surface area contributed by atoms with Crippen molar-refractivity contribution < 1.29 is 4.42 Å². The minimum atomic E-state index is 0.222. The number of anilines is 1. The van der Waals surface area contributed by atoms with Crippen LogP contribution >= 0.6 is 15.9 Å². The van der Waals surface area contributed by atoms with Crippen LogP contribution < -0.4 is 4.90 Å². The van der Waals surface area contributed by atoms with Crippen molar-refractivity contribution in [1.29, 1.82) is 5.26 Å². The van der Waals surface area contributed by atoms with Gasteiger partial charge in [-0.2, -0.15) is 10.3 Å². The summed E-state index contributed by atoms with van der Waals surface area (Å²) in [5, 5.41) is 17.5. The number of piperidine rings is 1. The molecule has 1 fully saturated rings. The van der Waals surface area contributed by atoms with Crippen molar-refractivity contribution in [1.82, 2.24) is 15.1 Å². The Morgan fingerprint density at radius 1 is 1.36 bits per heavy atom. The number of rotatable bonds is 4. The molecule has 0 atom stereocenters. The molecule has 2 heterocycles. The fourth-order valence-electron chi connectivity index (χ4n) is 2.89. The third-order valence-electron chi connectivity index (χ3n) is 4.10. The average Bonchev–Trinajstić information content (AvgIpc) is 3.09. The Morgan fingerprint density at radius 2 is 2.12 bits per heavy atom. The Morgan fingerprint density at radius 3 is 2.80 bits per heavy atom. The van der Waals surface area contributed by atoms with Crippen molar-refractivity contribution in [3.8, 4) is 6.07 Å². The van der Waals surface area contributed by atoms with Gasteiger partial charge in [0.25, 0.3) is 0 Å². The van der Waals surface area contributed by atoms with Gasteiger partial charge in [0.15, 0.2) is 0 Å². The molecule has 2 aromatic rings. The van der Waals surface area contributed by atoms with Gasteiger partial charge in [0, 0.05) is 37.6 Å². The summed E-state index contributed by atoms with van der Waals surface area (Å²) in [6.07, 6.45) is 3.42. The van der Waals surface area contributed by atoms with Gasteiger partial charge in [-0.05, 0) is 40.9 Å². The summed E-state index contributed by atoms with van der Waals surface area (Å²) in [6.45, 7) is 1.67. The van der Waals surface area contributed by atoms with Gasteiger partial charge in [0.2, 0.25) is 5.89 Å². The van der Waals surface area contributed by atoms with Crippen LogP contribution in [0.15, 0.2) is 32.1 Å². The standard InChI is InChI=1S/C17H19BrN6O/c1-23(2)11-20-17-22-21-16(25-17)12-6-8-24(9-7-12)15-13(10-19)4-3-5-14(15)18/h3-5,11-12H,6-9H2,1-2H3/b20-11+. The topological polar surface area (TPSA) is 81.5 Å². The minimum Gasteiger partial charge on any atom is -0.406 e. The molecule has 0 N–H and O–H groups in total. The third-order valence-corrected chi connectivity index (χ3v) is 4.74. The number of halogens is 1. The van der Waals surface area contributed by atoms with Gasteiger partial charge in [0.1, 0.15) is 6.07 Å². The molecule has 1 aromatic carbocycles. The van der Waals surface area contributed by atoms with Crippen LogP contribution in [0.3, 0.4) is 0 Å². The number of hydrogen-bond donors (Lipinski definition) is 0. The average molecular weight is 403 g/mol. The molecule has 8 heteroatoms. The van der Waals surface area contributed by atoms with E-state index in [1.54, 1.807) is 6.34 Å². The van der Waals surface area contributed by atoms with Crippen molar-refractivity contribution >= 4 is 34.0 Å². The highest BCUT2D eigenvalue weighted by Crippen LogP contribution is 2.35. The highest BCUT2D eigenvalue weighted by atomic mass is 79.9. The first kappa shape index (κ1) is 17.4. The summed E-state index contributed by atoms with van der Waals surface area (Å²) < 4.78 is 6.60. The first-order valence-electron chi connectivity index (χ1n) is 8.06. The predicted octanol–water partition coefficient (Wildman–Crippen LogP) is 3.31. The Labute approximate surface area is 155 Å². The van der Waals surface area contributed by atoms with Gasteiger partial charge in [-0.3, -0.25) is 0 Å². The molecular weight excluding hydrogens is 384 g/mol. The van der Waals surface area contributed by atoms with Crippen molar-refractivity contribution in [2.45, 2.75) is 18.8 Å². The summed E-state index contributed by atoms with van der Waals surface area (Å²) in [5.41, 5.74) is 1.65. The van der Waals surface area contributed by atoms with Crippen LogP contribution in [0.5, 0.6) is 0 Å². The molecular formula is C17H19BrN6O. The molecule has 0 aliphatic carbocycles. The Bertz CT molecular complexity index is 802. The molecule has 1 aliphatic heterocycles. The number of para-hydroxylation sites is 1. The van der Waals surface area contributed by atoms with Crippen molar-refractivity contribution in [2.24, 2.45) is 4.99 Å². The van der Waals surface area contributed by atoms with E-state index in [0.29, 0.717) is 11.5 Å². The second-order valence-corrected chi connectivity index (χ2v) is 6.99. The molecule has 0 radical (unpaired) electrons. The zero-order chi connectivity index (χ0) is 17.8. The van der Waals surface area contributed by atoms with Gasteiger partial charge in [-0.15, -0.1) is 5.10 Å². The second kappa shape index (κ2) is 7.66. The number of aromatic nitrogens is 2. The quantitative estimate of drug-likeness (QED) is 0.576. The van der Waals surface area contributed by atoms with Crippen LogP contribution in [-0.4, -0.2) is 48.6 Å². The minimum absolute atomic E-state index is 0.222. The van der Waals surface area contributed by atoms with Gasteiger partial charge < -0.3 is 14.2 Å². The maximum absolute atomic E-state index is 9.35. The van der Waals surface area contributed by atoms with Crippen LogP contribution in [0.4, 0.5) is 11.7 Å². The lowest BCUT2D eigenvalue weighted by Crippen LogP contribution is -2.33. The molecule has 1 saturated heterocycles. The largest absolute Gasteiger partial charge is 0.406 e. The Kier molecular flexibility index (Phi) is 5.34. The van der Waals surface area contributed by atoms with Crippen molar-refractivity contribution in [3.05, 3.63) is 34.1 Å². The van der Waals surface area contributed by atoms with Crippen molar-refractivity contribution in [3.63, 3.8) is 0 Å². The predicted molar refractivity (Wildman–Crippen MR) is 99.2 cm³/mol. The zero-order valence-corrected chi connectivity index (χ0v) is 15.8. The van der Waals surface area contributed by atoms with E-state index >= 15 is 0 Å². The van der Waals surface area contributed by atoms with E-state index < -0.39 is 0 Å². The van der Waals surface area contributed by atoms with Gasteiger partial charge in [-0.25, -0.2) is 0 Å². The Balaban J connectivity index is 1.68. The molecule has 0 spiro atoms. The lowest BCUT2D eigenvalue weighted by Gasteiger charge is -2.33. The van der Waals surface area contributed by atoms with E-state index in [1.807, 2.05) is 37.2 Å². The molecule has 130 valence electrons. The maximum atomic E-state index is 9.35. The molecule has 0 saturated carbocycles. The molecule has 25 heavy (non-hydrogen) atoms. The zero-order valence-electron chi connectivity index (χ0n) is 14.2. The fourth-order valence-corrected chi connectivity index (χ4v) is 3.50. The first-order valence-corrected chi connectivity index (χ1v) is 8.85. The number of nitriles is 1. The molecule has 7 nitrogen and oxygen atoms in total. The van der Waals surface area contributed by atoms with Crippen LogP contribution in [-0.2, 0) is 0 Å². The number of benzene rings is 1. The van der Waals surface area contributed by atoms with Crippen LogP contribution in [0.1, 0.15) is 30.2 Å². The van der Waals surface area contributed by atoms with E-state index in [9.17, 15) is 5.26 Å². The maximum Gasteiger partial charge on any atom is 0.343 e. The van der Waals surface area contributed by atoms with E-state index in [2.05, 4.69) is 42.1 Å². The van der Waals surface area contributed by atoms with Crippen LogP contribution in [0.2, 0.25) is 0 Å². The molecule has 0 bridgehead atoms. The Hall–Kier alpha value is -2.40. The summed E-state index contributed by atoms with van der Waals surface area (Å²) in [4.78, 5) is 8.18. The number of hydrogen-bond acceptors (Lipinski definition) is 6. The summed E-state index contributed by atoms with van der Waals surface area (Å²) in [6, 6.07) is 8.25. The third kappa shape index (κ3) is 3.99. The van der Waals surface area contributed by atoms with E-state index in [4.69, 9.17) is 4.42 Å². The van der Waals surface area contributed by atoms with Crippen molar-refractivity contribution in [2.75, 3.05) is 32.1 Å². The number of nitrogens with zero attached hydrogens (tertiary/aromatic N) is 6. The lowest BCUT2D eigenvalue weighted by atomic mass is 9.96. The highest BCUT2D eigenvalue weighted by Gasteiger charge is 2.27. The highest BCUT2D eigenvalue weighted by molar-refractivity contribution is 9.10. The number of aliphatic imine (C=N–C) groups is 1. The second-order valence-electron chi connectivity index (χ2n) is 6.14. The summed E-state index contributed by atoms with van der Waals surface area (Å²) in [7, 11) is 3.77. The first-order chi connectivity index (χ1) is 12.1. The SMILES string of the molecule is CN(C)/C=N/c1nnc(C2CCN(c3c(Br)cccc3C#N)CC2)o1. The molecule has 0 amide bonds. The van der Waals surface area contributed by atoms with Crippen LogP contribution in [0.25, 0.3) is 0 Å². The van der Waals surface area contributed by atoms with E-state index in [1.165, 1.54) is 0 Å². The van der Waals surface area contributed by atoms with Crippen LogP contribution in [0, 0.1) is 11.3 Å². The van der Waals surface area contributed by atoms with Gasteiger partial charge in [-0.1, -0.05) is 11.2 Å². The summed E-state index contributed by atoms with van der Waals surface area (Å²) in [5.74, 6) is 0.860. The fraction of sp³-hybridized carbons (Fsp3) is 0.412. The monoisotopic (exact) mass is 402 g/mol. The molecule has 1 aliphatic rings. The molecule has 0 unspecified atom stereocenters. The van der Waals surface area contributed by atoms with Gasteiger partial charge in [0.05, 0.1) is 17.6 Å². The summed E-state index contributed by atoms with van der Waals surface area (Å²) >= 11 is 3.56. The van der Waals surface area contributed by atoms with E-state index in [-0.39, 0.29) is 11.9 Å². The molecule has 3 rings (SSSR count). The molecule has 1 aromatic heterocycles. The lowest BCUT2D eigenvalue weighted by molar-refractivity contribution is 0.397. The van der Waals surface area contributed by atoms with Gasteiger partial charge >= 0.3 is 6.01 Å². The normalized spacial score (nSPS) is 15.5.